The molecule has 0 unspecified atom stereocenters. The number of aliphatic hydroxyl groups is 1. The Morgan fingerprint density at radius 2 is 1.98 bits per heavy atom. The molecule has 11 nitrogen and oxygen atoms in total. The minimum Gasteiger partial charge on any atom is -0.474 e. The zero-order valence-corrected chi connectivity index (χ0v) is 22.4. The largest absolute Gasteiger partial charge is 0.474 e. The molecule has 0 bridgehead atoms. The predicted octanol–water partition coefficient (Wildman–Crippen LogP) is 2.82. The number of aromatic nitrogens is 7. The molecule has 0 spiro atoms. The van der Waals surface area contributed by atoms with Crippen LogP contribution in [0.2, 0.25) is 0 Å². The van der Waals surface area contributed by atoms with E-state index in [-0.39, 0.29) is 36.1 Å². The van der Waals surface area contributed by atoms with Crippen LogP contribution in [-0.4, -0.2) is 83.1 Å². The van der Waals surface area contributed by atoms with Gasteiger partial charge in [-0.3, -0.25) is 4.68 Å². The topological polar surface area (TPSA) is 144 Å². The number of halogens is 3. The molecule has 6 rings (SSSR count). The lowest BCUT2D eigenvalue weighted by atomic mass is 9.64. The molecule has 41 heavy (non-hydrogen) atoms. The second-order valence-corrected chi connectivity index (χ2v) is 11.0. The second-order valence-electron chi connectivity index (χ2n) is 11.0. The average Bonchev–Trinajstić information content (AvgIpc) is 3.60. The molecule has 218 valence electrons. The number of nitrogens with two attached hydrogens (primary N) is 1. The van der Waals surface area contributed by atoms with Crippen molar-refractivity contribution >= 4 is 11.0 Å². The number of ether oxygens (including phenoxy) is 1. The van der Waals surface area contributed by atoms with Crippen LogP contribution in [0.4, 0.5) is 13.2 Å². The lowest BCUT2D eigenvalue weighted by molar-refractivity contribution is -0.145. The van der Waals surface area contributed by atoms with Gasteiger partial charge in [-0.1, -0.05) is 0 Å². The number of hydrogen-bond donors (Lipinski definition) is 3. The van der Waals surface area contributed by atoms with Gasteiger partial charge < -0.3 is 25.5 Å². The molecule has 4 N–H and O–H groups in total. The first-order valence-corrected chi connectivity index (χ1v) is 13.7. The van der Waals surface area contributed by atoms with Gasteiger partial charge in [0.25, 0.3) is 0 Å². The molecule has 14 heteroatoms. The standard InChI is InChI=1S/C27H32F3N9O2/c28-27(29,30)25-36-18(4-8-40)9-22(37-25)41-20-2-6-38(7-3-20)19-10-26(11-19,14-31)15-39-13-17(12-35-39)23-21-1-5-32-24(21)34-16-33-23/h1,5,9,12-13,16,19-20,40H,2-4,6-8,10-11,14-15,31H2,(H,32,33,34). The van der Waals surface area contributed by atoms with Crippen molar-refractivity contribution in [2.75, 3.05) is 26.2 Å². The fourth-order valence-corrected chi connectivity index (χ4v) is 6.01. The van der Waals surface area contributed by atoms with Gasteiger partial charge in [0.1, 0.15) is 18.1 Å². The van der Waals surface area contributed by atoms with Crippen LogP contribution in [0.25, 0.3) is 22.3 Å². The van der Waals surface area contributed by atoms with Crippen molar-refractivity contribution in [2.45, 2.75) is 57.0 Å². The Kier molecular flexibility index (Phi) is 7.38. The number of nitrogens with zero attached hydrogens (tertiary/aromatic N) is 7. The van der Waals surface area contributed by atoms with Crippen molar-refractivity contribution in [3.05, 3.63) is 48.6 Å². The smallest absolute Gasteiger partial charge is 0.451 e. The maximum atomic E-state index is 13.2. The zero-order chi connectivity index (χ0) is 28.6. The summed E-state index contributed by atoms with van der Waals surface area (Å²) in [7, 11) is 0. The van der Waals surface area contributed by atoms with Crippen LogP contribution in [-0.2, 0) is 19.1 Å². The van der Waals surface area contributed by atoms with Gasteiger partial charge in [-0.05, 0) is 38.3 Å². The molecule has 1 saturated carbocycles. The number of fused-ring (bicyclic) bond motifs is 1. The summed E-state index contributed by atoms with van der Waals surface area (Å²) in [5.41, 5.74) is 8.86. The molecule has 1 aliphatic heterocycles. The molecule has 5 heterocycles. The van der Waals surface area contributed by atoms with E-state index >= 15 is 0 Å². The molecular weight excluding hydrogens is 539 g/mol. The van der Waals surface area contributed by atoms with Crippen molar-refractivity contribution in [1.82, 2.24) is 39.6 Å². The number of likely N-dealkylation sites (tertiary alicyclic amines) is 1. The van der Waals surface area contributed by atoms with E-state index in [0.29, 0.717) is 32.0 Å². The highest BCUT2D eigenvalue weighted by atomic mass is 19.4. The van der Waals surface area contributed by atoms with Crippen molar-refractivity contribution in [3.8, 4) is 17.1 Å². The number of alkyl halides is 3. The Labute approximate surface area is 234 Å². The Morgan fingerprint density at radius 1 is 1.17 bits per heavy atom. The first-order chi connectivity index (χ1) is 19.7. The Bertz CT molecular complexity index is 1490. The molecule has 4 aromatic rings. The minimum atomic E-state index is -4.69. The number of aromatic amines is 1. The summed E-state index contributed by atoms with van der Waals surface area (Å²) >= 11 is 0. The molecule has 0 amide bonds. The lowest BCUT2D eigenvalue weighted by Gasteiger charge is -2.52. The third-order valence-electron chi connectivity index (χ3n) is 8.19. The first-order valence-electron chi connectivity index (χ1n) is 13.7. The summed E-state index contributed by atoms with van der Waals surface area (Å²) in [5.74, 6) is -1.35. The molecule has 0 radical (unpaired) electrons. The highest BCUT2D eigenvalue weighted by molar-refractivity contribution is 5.89. The number of piperidine rings is 1. The summed E-state index contributed by atoms with van der Waals surface area (Å²) < 4.78 is 47.5. The van der Waals surface area contributed by atoms with Crippen LogP contribution in [0.5, 0.6) is 5.88 Å². The van der Waals surface area contributed by atoms with Gasteiger partial charge in [-0.2, -0.15) is 23.3 Å². The van der Waals surface area contributed by atoms with Crippen LogP contribution in [0, 0.1) is 5.41 Å². The van der Waals surface area contributed by atoms with Gasteiger partial charge >= 0.3 is 6.18 Å². The van der Waals surface area contributed by atoms with Gasteiger partial charge in [0, 0.05) is 73.5 Å². The Morgan fingerprint density at radius 3 is 2.71 bits per heavy atom. The van der Waals surface area contributed by atoms with Crippen LogP contribution in [0.15, 0.2) is 37.1 Å². The number of nitrogens with one attached hydrogen (secondary N) is 1. The zero-order valence-electron chi connectivity index (χ0n) is 22.4. The summed E-state index contributed by atoms with van der Waals surface area (Å²) in [5, 5.41) is 14.7. The van der Waals surface area contributed by atoms with Crippen molar-refractivity contribution in [2.24, 2.45) is 11.1 Å². The highest BCUT2D eigenvalue weighted by Gasteiger charge is 2.46. The molecule has 1 saturated heterocycles. The fourth-order valence-electron chi connectivity index (χ4n) is 6.01. The number of aliphatic hydroxyl groups excluding tert-OH is 1. The summed E-state index contributed by atoms with van der Waals surface area (Å²) in [6.45, 7) is 2.52. The molecule has 2 fully saturated rings. The normalized spacial score (nSPS) is 22.2. The maximum Gasteiger partial charge on any atom is 0.451 e. The summed E-state index contributed by atoms with van der Waals surface area (Å²) in [6, 6.07) is 3.73. The molecule has 1 aliphatic carbocycles. The maximum absolute atomic E-state index is 13.2. The van der Waals surface area contributed by atoms with E-state index < -0.39 is 12.0 Å². The van der Waals surface area contributed by atoms with E-state index in [1.807, 2.05) is 29.3 Å². The van der Waals surface area contributed by atoms with E-state index in [9.17, 15) is 13.2 Å². The minimum absolute atomic E-state index is 0.00222. The number of rotatable bonds is 9. The van der Waals surface area contributed by atoms with Gasteiger partial charge in [0.2, 0.25) is 11.7 Å². The van der Waals surface area contributed by atoms with Crippen LogP contribution >= 0.6 is 0 Å². The van der Waals surface area contributed by atoms with E-state index in [2.05, 4.69) is 34.9 Å². The van der Waals surface area contributed by atoms with Crippen molar-refractivity contribution < 1.29 is 23.0 Å². The quantitative estimate of drug-likeness (QED) is 0.276. The van der Waals surface area contributed by atoms with Crippen LogP contribution in [0.3, 0.4) is 0 Å². The van der Waals surface area contributed by atoms with Gasteiger partial charge in [-0.25, -0.2) is 15.0 Å². The highest BCUT2D eigenvalue weighted by Crippen LogP contribution is 2.45. The van der Waals surface area contributed by atoms with Crippen molar-refractivity contribution in [3.63, 3.8) is 0 Å². The van der Waals surface area contributed by atoms with Gasteiger partial charge in [0.05, 0.1) is 17.6 Å². The molecule has 0 aromatic carbocycles. The molecule has 2 aliphatic rings. The second kappa shape index (κ2) is 11.0. The van der Waals surface area contributed by atoms with Gasteiger partial charge in [0.15, 0.2) is 0 Å². The third kappa shape index (κ3) is 5.76. The average molecular weight is 572 g/mol. The summed E-state index contributed by atoms with van der Waals surface area (Å²) in [6.07, 6.45) is 5.55. The van der Waals surface area contributed by atoms with E-state index in [4.69, 9.17) is 15.6 Å². The third-order valence-corrected chi connectivity index (χ3v) is 8.19. The monoisotopic (exact) mass is 571 g/mol. The Hall–Kier alpha value is -3.62. The Balaban J connectivity index is 1.03. The van der Waals surface area contributed by atoms with Gasteiger partial charge in [-0.15, -0.1) is 0 Å². The van der Waals surface area contributed by atoms with Crippen molar-refractivity contribution in [1.29, 1.82) is 0 Å². The molecular formula is C27H32F3N9O2. The van der Waals surface area contributed by atoms with Crippen LogP contribution in [0.1, 0.15) is 37.2 Å². The number of H-pyrrole nitrogens is 1. The molecule has 0 atom stereocenters. The van der Waals surface area contributed by atoms with E-state index in [0.717, 1.165) is 48.2 Å². The lowest BCUT2D eigenvalue weighted by Crippen LogP contribution is -2.57. The van der Waals surface area contributed by atoms with Crippen LogP contribution < -0.4 is 10.5 Å². The SMILES string of the molecule is NCC1(Cn2cc(-c3ncnc4[nH]ccc34)cn2)CC(N2CCC(Oc3cc(CCO)nc(C(F)(F)F)n3)CC2)C1. The number of hydrogen-bond acceptors (Lipinski definition) is 9. The van der Waals surface area contributed by atoms with E-state index in [1.165, 1.54) is 6.07 Å². The van der Waals surface area contributed by atoms with E-state index in [1.54, 1.807) is 6.33 Å². The molecule has 4 aromatic heterocycles. The fraction of sp³-hybridized carbons (Fsp3) is 0.519. The predicted molar refractivity (Wildman–Crippen MR) is 143 cm³/mol. The first kappa shape index (κ1) is 27.5. The summed E-state index contributed by atoms with van der Waals surface area (Å²) in [4.78, 5) is 21.3.